The zero-order valence-corrected chi connectivity index (χ0v) is 14.1. The van der Waals surface area contributed by atoms with Crippen LogP contribution in [0, 0.1) is 5.92 Å². The Hall–Kier alpha value is -0.880. The van der Waals surface area contributed by atoms with Gasteiger partial charge in [-0.05, 0) is 41.1 Å². The van der Waals surface area contributed by atoms with E-state index in [1.807, 2.05) is 0 Å². The average molecular weight is 355 g/mol. The first kappa shape index (κ1) is 15.0. The molecule has 0 spiro atoms. The summed E-state index contributed by atoms with van der Waals surface area (Å²) in [6.45, 7) is 5.74. The molecule has 0 atom stereocenters. The topological polar surface area (TPSA) is 50.2 Å². The Kier molecular flexibility index (Phi) is 4.64. The van der Waals surface area contributed by atoms with E-state index in [0.717, 1.165) is 42.8 Å². The Bertz CT molecular complexity index is 551. The normalized spacial score (nSPS) is 19.1. The summed E-state index contributed by atoms with van der Waals surface area (Å²) in [4.78, 5) is 15.1. The first-order chi connectivity index (χ1) is 10.2. The Balaban J connectivity index is 1.90. The molecule has 0 aromatic carbocycles. The van der Waals surface area contributed by atoms with Gasteiger partial charge >= 0.3 is 0 Å². The van der Waals surface area contributed by atoms with Gasteiger partial charge in [0.25, 0.3) is 5.56 Å². The number of hydrogen-bond acceptors (Lipinski definition) is 4. The van der Waals surface area contributed by atoms with E-state index in [1.54, 1.807) is 10.9 Å². The minimum absolute atomic E-state index is 0.0524. The van der Waals surface area contributed by atoms with Gasteiger partial charge < -0.3 is 10.2 Å². The molecule has 3 rings (SSSR count). The van der Waals surface area contributed by atoms with Gasteiger partial charge in [0.1, 0.15) is 5.69 Å². The Labute approximate surface area is 133 Å². The van der Waals surface area contributed by atoms with E-state index in [2.05, 4.69) is 38.2 Å². The molecule has 1 aliphatic heterocycles. The second kappa shape index (κ2) is 6.48. The SMILES string of the molecule is CCCN(c1c(Br)cnn(CC2CCC2)c1=O)C1CNC1. The lowest BCUT2D eigenvalue weighted by molar-refractivity contribution is 0.261. The van der Waals surface area contributed by atoms with E-state index in [1.165, 1.54) is 19.3 Å². The van der Waals surface area contributed by atoms with Gasteiger partial charge in [0, 0.05) is 26.2 Å². The minimum Gasteiger partial charge on any atom is -0.361 e. The van der Waals surface area contributed by atoms with Gasteiger partial charge in [-0.15, -0.1) is 0 Å². The predicted molar refractivity (Wildman–Crippen MR) is 87.8 cm³/mol. The maximum atomic E-state index is 12.8. The Morgan fingerprint density at radius 1 is 1.48 bits per heavy atom. The fourth-order valence-electron chi connectivity index (χ4n) is 2.98. The quantitative estimate of drug-likeness (QED) is 0.848. The molecule has 1 saturated carbocycles. The van der Waals surface area contributed by atoms with E-state index in [-0.39, 0.29) is 5.56 Å². The van der Waals surface area contributed by atoms with Gasteiger partial charge in [-0.2, -0.15) is 5.10 Å². The smallest absolute Gasteiger partial charge is 0.291 e. The van der Waals surface area contributed by atoms with Gasteiger partial charge in [-0.1, -0.05) is 13.3 Å². The standard InChI is InChI=1S/C15H23BrN4O/c1-2-6-19(12-7-17-8-12)14-13(16)9-18-20(15(14)21)10-11-4-3-5-11/h9,11-12,17H,2-8,10H2,1H3. The lowest BCUT2D eigenvalue weighted by atomic mass is 9.85. The van der Waals surface area contributed by atoms with E-state index in [9.17, 15) is 4.79 Å². The number of halogens is 1. The summed E-state index contributed by atoms with van der Waals surface area (Å²) in [6, 6.07) is 0.425. The monoisotopic (exact) mass is 354 g/mol. The molecule has 2 fully saturated rings. The zero-order chi connectivity index (χ0) is 14.8. The third-order valence-corrected chi connectivity index (χ3v) is 5.16. The Morgan fingerprint density at radius 2 is 2.24 bits per heavy atom. The van der Waals surface area contributed by atoms with Crippen LogP contribution in [-0.4, -0.2) is 35.5 Å². The molecule has 116 valence electrons. The highest BCUT2D eigenvalue weighted by molar-refractivity contribution is 9.10. The van der Waals surface area contributed by atoms with Gasteiger partial charge in [0.05, 0.1) is 16.7 Å². The molecule has 1 saturated heterocycles. The highest BCUT2D eigenvalue weighted by Crippen LogP contribution is 2.28. The number of rotatable bonds is 6. The highest BCUT2D eigenvalue weighted by Gasteiger charge is 2.29. The molecule has 6 heteroatoms. The average Bonchev–Trinajstić information content (AvgIpc) is 2.34. The van der Waals surface area contributed by atoms with E-state index in [0.29, 0.717) is 12.0 Å². The van der Waals surface area contributed by atoms with Crippen molar-refractivity contribution in [2.75, 3.05) is 24.5 Å². The number of aromatic nitrogens is 2. The van der Waals surface area contributed by atoms with Crippen LogP contribution in [0.3, 0.4) is 0 Å². The van der Waals surface area contributed by atoms with Crippen molar-refractivity contribution in [2.45, 2.75) is 45.2 Å². The van der Waals surface area contributed by atoms with Crippen LogP contribution in [0.4, 0.5) is 5.69 Å². The minimum atomic E-state index is 0.0524. The molecule has 1 aromatic rings. The largest absolute Gasteiger partial charge is 0.361 e. The molecule has 1 N–H and O–H groups in total. The van der Waals surface area contributed by atoms with Gasteiger partial charge in [0.15, 0.2) is 0 Å². The van der Waals surface area contributed by atoms with Crippen LogP contribution in [0.15, 0.2) is 15.5 Å². The van der Waals surface area contributed by atoms with Crippen LogP contribution >= 0.6 is 15.9 Å². The second-order valence-corrected chi connectivity index (χ2v) is 6.99. The molecule has 1 aliphatic carbocycles. The van der Waals surface area contributed by atoms with Crippen molar-refractivity contribution in [2.24, 2.45) is 5.92 Å². The summed E-state index contributed by atoms with van der Waals surface area (Å²) in [6.07, 6.45) is 6.56. The van der Waals surface area contributed by atoms with Crippen LogP contribution in [-0.2, 0) is 6.54 Å². The van der Waals surface area contributed by atoms with Crippen molar-refractivity contribution in [3.8, 4) is 0 Å². The molecule has 0 unspecified atom stereocenters. The van der Waals surface area contributed by atoms with Crippen molar-refractivity contribution >= 4 is 21.6 Å². The second-order valence-electron chi connectivity index (χ2n) is 6.13. The lowest BCUT2D eigenvalue weighted by Crippen LogP contribution is -2.59. The van der Waals surface area contributed by atoms with E-state index < -0.39 is 0 Å². The first-order valence-corrected chi connectivity index (χ1v) is 8.73. The summed E-state index contributed by atoms with van der Waals surface area (Å²) in [5, 5.41) is 7.61. The molecular weight excluding hydrogens is 332 g/mol. The zero-order valence-electron chi connectivity index (χ0n) is 12.5. The third kappa shape index (κ3) is 3.01. The number of nitrogens with zero attached hydrogens (tertiary/aromatic N) is 3. The van der Waals surface area contributed by atoms with Crippen molar-refractivity contribution in [1.82, 2.24) is 15.1 Å². The summed E-state index contributed by atoms with van der Waals surface area (Å²) >= 11 is 3.53. The predicted octanol–water partition coefficient (Wildman–Crippen LogP) is 1.99. The van der Waals surface area contributed by atoms with Crippen molar-refractivity contribution in [3.05, 3.63) is 21.0 Å². The molecular formula is C15H23BrN4O. The van der Waals surface area contributed by atoms with Gasteiger partial charge in [-0.3, -0.25) is 4.79 Å². The molecule has 2 aliphatic rings. The van der Waals surface area contributed by atoms with Crippen molar-refractivity contribution in [3.63, 3.8) is 0 Å². The van der Waals surface area contributed by atoms with Crippen molar-refractivity contribution < 1.29 is 0 Å². The summed E-state index contributed by atoms with van der Waals surface area (Å²) < 4.78 is 2.48. The van der Waals surface area contributed by atoms with Crippen molar-refractivity contribution in [1.29, 1.82) is 0 Å². The van der Waals surface area contributed by atoms with Crippen LogP contribution in [0.2, 0.25) is 0 Å². The molecule has 21 heavy (non-hydrogen) atoms. The third-order valence-electron chi connectivity index (χ3n) is 4.58. The van der Waals surface area contributed by atoms with Gasteiger partial charge in [-0.25, -0.2) is 4.68 Å². The fraction of sp³-hybridized carbons (Fsp3) is 0.733. The van der Waals surface area contributed by atoms with Crippen LogP contribution in [0.25, 0.3) is 0 Å². The fourth-order valence-corrected chi connectivity index (χ4v) is 3.47. The van der Waals surface area contributed by atoms with E-state index in [4.69, 9.17) is 0 Å². The number of anilines is 1. The molecule has 0 bridgehead atoms. The Morgan fingerprint density at radius 3 is 2.76 bits per heavy atom. The van der Waals surface area contributed by atoms with E-state index >= 15 is 0 Å². The molecule has 0 radical (unpaired) electrons. The molecule has 0 amide bonds. The summed E-state index contributed by atoms with van der Waals surface area (Å²) in [5.41, 5.74) is 0.842. The first-order valence-electron chi connectivity index (χ1n) is 7.93. The summed E-state index contributed by atoms with van der Waals surface area (Å²) in [5.74, 6) is 0.634. The maximum absolute atomic E-state index is 12.8. The van der Waals surface area contributed by atoms with Crippen LogP contribution in [0.5, 0.6) is 0 Å². The van der Waals surface area contributed by atoms with Crippen LogP contribution in [0.1, 0.15) is 32.6 Å². The lowest BCUT2D eigenvalue weighted by Gasteiger charge is -2.39. The van der Waals surface area contributed by atoms with Crippen LogP contribution < -0.4 is 15.8 Å². The number of nitrogens with one attached hydrogen (secondary N) is 1. The van der Waals surface area contributed by atoms with Gasteiger partial charge in [0.2, 0.25) is 0 Å². The molecule has 5 nitrogen and oxygen atoms in total. The molecule has 2 heterocycles. The number of hydrogen-bond donors (Lipinski definition) is 1. The maximum Gasteiger partial charge on any atom is 0.291 e. The highest BCUT2D eigenvalue weighted by atomic mass is 79.9. The summed E-state index contributed by atoms with van der Waals surface area (Å²) in [7, 11) is 0. The molecule has 1 aromatic heterocycles.